The Morgan fingerprint density at radius 3 is 2.56 bits per heavy atom. The number of carbonyl (C=O) groups is 1. The lowest BCUT2D eigenvalue weighted by molar-refractivity contribution is 0.0690. The van der Waals surface area contributed by atoms with Crippen LogP contribution in [0, 0.1) is 0 Å². The highest BCUT2D eigenvalue weighted by Crippen LogP contribution is 2.21. The number of carboxylic acids is 1. The first-order chi connectivity index (χ1) is 8.39. The molecule has 0 aromatic carbocycles. The van der Waals surface area contributed by atoms with E-state index in [1.54, 1.807) is 10.7 Å². The zero-order chi connectivity index (χ0) is 13.3. The molecule has 0 amide bonds. The fourth-order valence-electron chi connectivity index (χ4n) is 1.47. The number of nitrogens with zero attached hydrogens (tertiary/aromatic N) is 5. The van der Waals surface area contributed by atoms with Crippen LogP contribution >= 0.6 is 0 Å². The van der Waals surface area contributed by atoms with Crippen molar-refractivity contribution in [1.82, 2.24) is 25.2 Å². The first-order valence-electron chi connectivity index (χ1n) is 5.38. The summed E-state index contributed by atoms with van der Waals surface area (Å²) >= 11 is 0. The third-order valence-corrected chi connectivity index (χ3v) is 2.35. The highest BCUT2D eigenvalue weighted by Gasteiger charge is 2.22. The molecule has 0 saturated heterocycles. The second-order valence-corrected chi connectivity index (χ2v) is 4.87. The Bertz CT molecular complexity index is 568. The summed E-state index contributed by atoms with van der Waals surface area (Å²) in [5, 5.41) is 20.3. The van der Waals surface area contributed by atoms with E-state index < -0.39 is 5.97 Å². The third-order valence-electron chi connectivity index (χ3n) is 2.35. The van der Waals surface area contributed by atoms with E-state index >= 15 is 0 Å². The lowest BCUT2D eigenvalue weighted by Crippen LogP contribution is -2.19. The summed E-state index contributed by atoms with van der Waals surface area (Å²) in [6.45, 7) is 5.98. The van der Waals surface area contributed by atoms with Crippen LogP contribution in [0.15, 0.2) is 18.3 Å². The number of tetrazole rings is 1. The van der Waals surface area contributed by atoms with Crippen LogP contribution in [-0.2, 0) is 5.41 Å². The van der Waals surface area contributed by atoms with Gasteiger partial charge in [0.15, 0.2) is 5.82 Å². The van der Waals surface area contributed by atoms with Gasteiger partial charge in [0.1, 0.15) is 5.69 Å². The molecule has 0 unspecified atom stereocenters. The van der Waals surface area contributed by atoms with Crippen molar-refractivity contribution in [2.45, 2.75) is 26.2 Å². The van der Waals surface area contributed by atoms with Crippen molar-refractivity contribution in [3.8, 4) is 5.69 Å². The predicted octanol–water partition coefficient (Wildman–Crippen LogP) is 1.05. The topological polar surface area (TPSA) is 93.8 Å². The van der Waals surface area contributed by atoms with Crippen LogP contribution in [0.1, 0.15) is 37.1 Å². The minimum Gasteiger partial charge on any atom is -0.477 e. The number of rotatable bonds is 2. The van der Waals surface area contributed by atoms with Gasteiger partial charge in [0.2, 0.25) is 0 Å². The fraction of sp³-hybridized carbons (Fsp3) is 0.364. The van der Waals surface area contributed by atoms with Gasteiger partial charge in [-0.05, 0) is 22.6 Å². The van der Waals surface area contributed by atoms with Gasteiger partial charge in [-0.1, -0.05) is 20.8 Å². The molecule has 2 heterocycles. The van der Waals surface area contributed by atoms with E-state index in [1.807, 2.05) is 20.8 Å². The molecule has 18 heavy (non-hydrogen) atoms. The van der Waals surface area contributed by atoms with E-state index in [4.69, 9.17) is 5.11 Å². The van der Waals surface area contributed by atoms with E-state index in [0.717, 1.165) is 0 Å². The van der Waals surface area contributed by atoms with Gasteiger partial charge < -0.3 is 5.11 Å². The van der Waals surface area contributed by atoms with Crippen molar-refractivity contribution in [1.29, 1.82) is 0 Å². The maximum absolute atomic E-state index is 10.7. The van der Waals surface area contributed by atoms with E-state index in [2.05, 4.69) is 20.5 Å². The van der Waals surface area contributed by atoms with Gasteiger partial charge >= 0.3 is 5.97 Å². The fourth-order valence-corrected chi connectivity index (χ4v) is 1.47. The van der Waals surface area contributed by atoms with Gasteiger partial charge in [0, 0.05) is 5.41 Å². The number of hydrogen-bond donors (Lipinski definition) is 1. The first kappa shape index (κ1) is 12.2. The predicted molar refractivity (Wildman–Crippen MR) is 62.6 cm³/mol. The quantitative estimate of drug-likeness (QED) is 0.852. The number of pyridine rings is 1. The summed E-state index contributed by atoms with van der Waals surface area (Å²) in [4.78, 5) is 14.6. The first-order valence-corrected chi connectivity index (χ1v) is 5.38. The average Bonchev–Trinajstić information content (AvgIpc) is 2.77. The Morgan fingerprint density at radius 2 is 2.06 bits per heavy atom. The molecule has 0 spiro atoms. The lowest BCUT2D eigenvalue weighted by atomic mass is 9.96. The number of carboxylic acid groups (broad SMARTS) is 1. The summed E-state index contributed by atoms with van der Waals surface area (Å²) in [5.41, 5.74) is 0.411. The molecule has 0 aliphatic heterocycles. The lowest BCUT2D eigenvalue weighted by Gasteiger charge is -2.16. The average molecular weight is 247 g/mol. The Hall–Kier alpha value is -2.31. The van der Waals surface area contributed by atoms with Gasteiger partial charge in [-0.3, -0.25) is 0 Å². The molecule has 0 atom stereocenters. The SMILES string of the molecule is CC(C)(C)c1nnnn1-c1ccc(C(=O)O)nc1. The smallest absolute Gasteiger partial charge is 0.354 e. The highest BCUT2D eigenvalue weighted by molar-refractivity contribution is 5.85. The van der Waals surface area contributed by atoms with Gasteiger partial charge in [-0.25, -0.2) is 9.78 Å². The highest BCUT2D eigenvalue weighted by atomic mass is 16.4. The molecular formula is C11H13N5O2. The van der Waals surface area contributed by atoms with Gasteiger partial charge in [0.05, 0.1) is 11.9 Å². The number of hydrogen-bond acceptors (Lipinski definition) is 5. The van der Waals surface area contributed by atoms with Crippen LogP contribution in [0.25, 0.3) is 5.69 Å². The van der Waals surface area contributed by atoms with E-state index in [1.165, 1.54) is 12.3 Å². The second-order valence-electron chi connectivity index (χ2n) is 4.87. The van der Waals surface area contributed by atoms with Crippen molar-refractivity contribution < 1.29 is 9.90 Å². The van der Waals surface area contributed by atoms with E-state index in [0.29, 0.717) is 11.5 Å². The second kappa shape index (κ2) is 4.17. The molecular weight excluding hydrogens is 234 g/mol. The van der Waals surface area contributed by atoms with Crippen molar-refractivity contribution in [2.75, 3.05) is 0 Å². The zero-order valence-corrected chi connectivity index (χ0v) is 10.3. The molecule has 0 aliphatic rings. The molecule has 1 N–H and O–H groups in total. The molecule has 0 radical (unpaired) electrons. The van der Waals surface area contributed by atoms with Crippen molar-refractivity contribution in [3.63, 3.8) is 0 Å². The molecule has 0 aliphatic carbocycles. The van der Waals surface area contributed by atoms with Crippen LogP contribution < -0.4 is 0 Å². The maximum Gasteiger partial charge on any atom is 0.354 e. The minimum atomic E-state index is -1.06. The van der Waals surface area contributed by atoms with Crippen molar-refractivity contribution in [3.05, 3.63) is 29.8 Å². The molecule has 2 rings (SSSR count). The molecule has 0 bridgehead atoms. The Morgan fingerprint density at radius 1 is 1.33 bits per heavy atom. The normalized spacial score (nSPS) is 11.5. The monoisotopic (exact) mass is 247 g/mol. The number of aromatic nitrogens is 5. The standard InChI is InChI=1S/C11H13N5O2/c1-11(2,3)10-13-14-15-16(10)7-4-5-8(9(17)18)12-6-7/h4-6H,1-3H3,(H,17,18). The Balaban J connectivity index is 2.44. The number of aromatic carboxylic acids is 1. The van der Waals surface area contributed by atoms with Crippen LogP contribution in [0.2, 0.25) is 0 Å². The summed E-state index contributed by atoms with van der Waals surface area (Å²) in [6, 6.07) is 3.05. The van der Waals surface area contributed by atoms with Crippen molar-refractivity contribution in [2.24, 2.45) is 0 Å². The summed E-state index contributed by atoms with van der Waals surface area (Å²) < 4.78 is 1.55. The van der Waals surface area contributed by atoms with E-state index in [9.17, 15) is 4.79 Å². The Kier molecular flexibility index (Phi) is 2.82. The largest absolute Gasteiger partial charge is 0.477 e. The summed E-state index contributed by atoms with van der Waals surface area (Å²) in [5.74, 6) is -0.373. The molecule has 0 fully saturated rings. The molecule has 2 aromatic heterocycles. The minimum absolute atomic E-state index is 0.0101. The Labute approximate surface area is 103 Å². The van der Waals surface area contributed by atoms with Crippen LogP contribution in [-0.4, -0.2) is 36.3 Å². The van der Waals surface area contributed by atoms with Crippen molar-refractivity contribution >= 4 is 5.97 Å². The van der Waals surface area contributed by atoms with E-state index in [-0.39, 0.29) is 11.1 Å². The van der Waals surface area contributed by atoms with Crippen LogP contribution in [0.5, 0.6) is 0 Å². The van der Waals surface area contributed by atoms with Gasteiger partial charge in [-0.2, -0.15) is 4.68 Å². The molecule has 94 valence electrons. The maximum atomic E-state index is 10.7. The summed E-state index contributed by atoms with van der Waals surface area (Å²) in [6.07, 6.45) is 1.44. The molecule has 7 heteroatoms. The molecule has 2 aromatic rings. The summed E-state index contributed by atoms with van der Waals surface area (Å²) in [7, 11) is 0. The molecule has 7 nitrogen and oxygen atoms in total. The van der Waals surface area contributed by atoms with Gasteiger partial charge in [-0.15, -0.1) is 5.10 Å². The van der Waals surface area contributed by atoms with Gasteiger partial charge in [0.25, 0.3) is 0 Å². The van der Waals surface area contributed by atoms with Crippen LogP contribution in [0.4, 0.5) is 0 Å². The van der Waals surface area contributed by atoms with Crippen LogP contribution in [0.3, 0.4) is 0 Å². The zero-order valence-electron chi connectivity index (χ0n) is 10.3. The third kappa shape index (κ3) is 2.20. The molecule has 0 saturated carbocycles.